The molecule has 0 aromatic heterocycles. The third-order valence-electron chi connectivity index (χ3n) is 3.29. The minimum Gasteiger partial charge on any atom is -0.396 e. The third kappa shape index (κ3) is 2.20. The van der Waals surface area contributed by atoms with Crippen LogP contribution < -0.4 is 0 Å². The van der Waals surface area contributed by atoms with Gasteiger partial charge in [0.15, 0.2) is 0 Å². The first kappa shape index (κ1) is 10.0. The van der Waals surface area contributed by atoms with E-state index in [1.807, 2.05) is 0 Å². The standard InChI is InChI=1S/C10H20O2/c1-7-3-4-9(5-10(7)12)8(2)6-11/h7-12H,3-6H2,1-2H3/t7-,8+,9+,10-/m1/s1. The lowest BCUT2D eigenvalue weighted by molar-refractivity contribution is 0.0288. The van der Waals surface area contributed by atoms with Crippen molar-refractivity contribution in [2.75, 3.05) is 6.61 Å². The molecule has 2 heteroatoms. The lowest BCUT2D eigenvalue weighted by Gasteiger charge is -2.33. The molecule has 2 N–H and O–H groups in total. The molecular formula is C10H20O2. The molecule has 0 saturated heterocycles. The fraction of sp³-hybridized carbons (Fsp3) is 1.00. The summed E-state index contributed by atoms with van der Waals surface area (Å²) < 4.78 is 0. The van der Waals surface area contributed by atoms with Gasteiger partial charge in [-0.1, -0.05) is 13.8 Å². The zero-order chi connectivity index (χ0) is 9.14. The van der Waals surface area contributed by atoms with Crippen molar-refractivity contribution in [2.24, 2.45) is 17.8 Å². The van der Waals surface area contributed by atoms with Crippen molar-refractivity contribution < 1.29 is 10.2 Å². The second-order valence-corrected chi connectivity index (χ2v) is 4.28. The quantitative estimate of drug-likeness (QED) is 0.661. The van der Waals surface area contributed by atoms with E-state index in [1.165, 1.54) is 6.42 Å². The summed E-state index contributed by atoms with van der Waals surface area (Å²) >= 11 is 0. The largest absolute Gasteiger partial charge is 0.396 e. The minimum atomic E-state index is -0.141. The first-order chi connectivity index (χ1) is 5.65. The first-order valence-electron chi connectivity index (χ1n) is 4.94. The fourth-order valence-corrected chi connectivity index (χ4v) is 2.00. The van der Waals surface area contributed by atoms with Gasteiger partial charge in [-0.25, -0.2) is 0 Å². The minimum absolute atomic E-state index is 0.141. The zero-order valence-electron chi connectivity index (χ0n) is 8.03. The van der Waals surface area contributed by atoms with Gasteiger partial charge in [0.2, 0.25) is 0 Å². The van der Waals surface area contributed by atoms with E-state index in [9.17, 15) is 5.11 Å². The van der Waals surface area contributed by atoms with Crippen molar-refractivity contribution in [2.45, 2.75) is 39.2 Å². The van der Waals surface area contributed by atoms with E-state index in [0.717, 1.165) is 12.8 Å². The Morgan fingerprint density at radius 3 is 2.58 bits per heavy atom. The van der Waals surface area contributed by atoms with Gasteiger partial charge in [0.1, 0.15) is 0 Å². The second-order valence-electron chi connectivity index (χ2n) is 4.28. The van der Waals surface area contributed by atoms with Gasteiger partial charge >= 0.3 is 0 Å². The number of rotatable bonds is 2. The van der Waals surface area contributed by atoms with Gasteiger partial charge < -0.3 is 10.2 Å². The van der Waals surface area contributed by atoms with Crippen molar-refractivity contribution in [3.8, 4) is 0 Å². The zero-order valence-corrected chi connectivity index (χ0v) is 8.03. The van der Waals surface area contributed by atoms with Crippen LogP contribution in [0.3, 0.4) is 0 Å². The smallest absolute Gasteiger partial charge is 0.0568 e. The average molecular weight is 172 g/mol. The number of aliphatic hydroxyl groups excluding tert-OH is 2. The van der Waals surface area contributed by atoms with E-state index in [-0.39, 0.29) is 12.7 Å². The Kier molecular flexibility index (Phi) is 3.53. The van der Waals surface area contributed by atoms with Crippen molar-refractivity contribution in [3.05, 3.63) is 0 Å². The molecule has 0 aromatic rings. The van der Waals surface area contributed by atoms with Crippen LogP contribution in [0, 0.1) is 17.8 Å². The van der Waals surface area contributed by atoms with Gasteiger partial charge in [-0.05, 0) is 37.0 Å². The first-order valence-corrected chi connectivity index (χ1v) is 4.94. The second kappa shape index (κ2) is 4.24. The van der Waals surface area contributed by atoms with E-state index in [4.69, 9.17) is 5.11 Å². The molecule has 0 aliphatic heterocycles. The Morgan fingerprint density at radius 2 is 2.08 bits per heavy atom. The summed E-state index contributed by atoms with van der Waals surface area (Å²) in [6.45, 7) is 4.42. The highest BCUT2D eigenvalue weighted by molar-refractivity contribution is 4.79. The highest BCUT2D eigenvalue weighted by atomic mass is 16.3. The van der Waals surface area contributed by atoms with E-state index < -0.39 is 0 Å². The lowest BCUT2D eigenvalue weighted by Crippen LogP contribution is -2.31. The summed E-state index contributed by atoms with van der Waals surface area (Å²) in [6.07, 6.45) is 3.01. The Hall–Kier alpha value is -0.0800. The third-order valence-corrected chi connectivity index (χ3v) is 3.29. The Balaban J connectivity index is 2.39. The monoisotopic (exact) mass is 172 g/mol. The van der Waals surface area contributed by atoms with Gasteiger partial charge in [-0.15, -0.1) is 0 Å². The Labute approximate surface area is 74.6 Å². The van der Waals surface area contributed by atoms with Crippen LogP contribution >= 0.6 is 0 Å². The highest BCUT2D eigenvalue weighted by Gasteiger charge is 2.28. The topological polar surface area (TPSA) is 40.5 Å². The van der Waals surface area contributed by atoms with Crippen LogP contribution in [0.1, 0.15) is 33.1 Å². The van der Waals surface area contributed by atoms with Crippen LogP contribution in [0.5, 0.6) is 0 Å². The van der Waals surface area contributed by atoms with Crippen LogP contribution in [0.4, 0.5) is 0 Å². The van der Waals surface area contributed by atoms with E-state index >= 15 is 0 Å². The van der Waals surface area contributed by atoms with Crippen molar-refractivity contribution in [3.63, 3.8) is 0 Å². The van der Waals surface area contributed by atoms with E-state index in [1.54, 1.807) is 0 Å². The SMILES string of the molecule is C[C@@H]1CC[C@H]([C@@H](C)CO)C[C@H]1O. The van der Waals surface area contributed by atoms with Crippen molar-refractivity contribution >= 4 is 0 Å². The average Bonchev–Trinajstić information content (AvgIpc) is 2.08. The van der Waals surface area contributed by atoms with Gasteiger partial charge in [-0.3, -0.25) is 0 Å². The summed E-state index contributed by atoms with van der Waals surface area (Å²) in [7, 11) is 0. The van der Waals surface area contributed by atoms with Crippen LogP contribution in [-0.4, -0.2) is 22.9 Å². The normalized spacial score (nSPS) is 39.5. The van der Waals surface area contributed by atoms with E-state index in [0.29, 0.717) is 17.8 Å². The maximum absolute atomic E-state index is 9.61. The molecule has 0 radical (unpaired) electrons. The van der Waals surface area contributed by atoms with Gasteiger partial charge in [0.05, 0.1) is 6.10 Å². The summed E-state index contributed by atoms with van der Waals surface area (Å²) in [5.41, 5.74) is 0. The highest BCUT2D eigenvalue weighted by Crippen LogP contribution is 2.33. The fourth-order valence-electron chi connectivity index (χ4n) is 2.00. The summed E-state index contributed by atoms with van der Waals surface area (Å²) in [5, 5.41) is 18.6. The molecule has 0 spiro atoms. The van der Waals surface area contributed by atoms with E-state index in [2.05, 4.69) is 13.8 Å². The van der Waals surface area contributed by atoms with Crippen molar-refractivity contribution in [1.29, 1.82) is 0 Å². The molecule has 2 nitrogen and oxygen atoms in total. The summed E-state index contributed by atoms with van der Waals surface area (Å²) in [4.78, 5) is 0. The lowest BCUT2D eigenvalue weighted by atomic mass is 9.75. The van der Waals surface area contributed by atoms with Gasteiger partial charge in [0, 0.05) is 6.61 Å². The van der Waals surface area contributed by atoms with Crippen LogP contribution in [0.25, 0.3) is 0 Å². The molecule has 12 heavy (non-hydrogen) atoms. The molecule has 1 fully saturated rings. The molecule has 72 valence electrons. The molecule has 0 amide bonds. The van der Waals surface area contributed by atoms with Crippen LogP contribution in [-0.2, 0) is 0 Å². The molecule has 1 aliphatic carbocycles. The molecular weight excluding hydrogens is 152 g/mol. The number of hydrogen-bond donors (Lipinski definition) is 2. The molecule has 0 heterocycles. The van der Waals surface area contributed by atoms with Crippen LogP contribution in [0.15, 0.2) is 0 Å². The van der Waals surface area contributed by atoms with Gasteiger partial charge in [0.25, 0.3) is 0 Å². The molecule has 4 atom stereocenters. The molecule has 1 saturated carbocycles. The summed E-state index contributed by atoms with van der Waals surface area (Å²) in [5.74, 6) is 1.33. The molecule has 1 aliphatic rings. The molecule has 1 rings (SSSR count). The summed E-state index contributed by atoms with van der Waals surface area (Å²) in [6, 6.07) is 0. The number of aliphatic hydroxyl groups is 2. The molecule has 0 unspecified atom stereocenters. The number of hydrogen-bond acceptors (Lipinski definition) is 2. The molecule has 0 bridgehead atoms. The Bertz CT molecular complexity index is 136. The maximum Gasteiger partial charge on any atom is 0.0568 e. The molecule has 0 aromatic carbocycles. The predicted molar refractivity (Wildman–Crippen MR) is 48.8 cm³/mol. The van der Waals surface area contributed by atoms with Crippen LogP contribution in [0.2, 0.25) is 0 Å². The van der Waals surface area contributed by atoms with Gasteiger partial charge in [-0.2, -0.15) is 0 Å². The predicted octanol–water partition coefficient (Wildman–Crippen LogP) is 1.41. The Morgan fingerprint density at radius 1 is 1.42 bits per heavy atom. The van der Waals surface area contributed by atoms with Crippen molar-refractivity contribution in [1.82, 2.24) is 0 Å². The maximum atomic E-state index is 9.61.